The number of methoxy groups -OCH3 is 1. The SMILES string of the molecule is COC(=O)Cn1c(C(=O)O)c(Cl)c2ccccc21. The molecule has 2 rings (SSSR count). The van der Waals surface area contributed by atoms with E-state index in [0.29, 0.717) is 10.9 Å². The molecule has 0 unspecified atom stereocenters. The predicted octanol–water partition coefficient (Wildman–Crippen LogP) is 2.17. The summed E-state index contributed by atoms with van der Waals surface area (Å²) < 4.78 is 5.89. The monoisotopic (exact) mass is 267 g/mol. The molecule has 0 aliphatic heterocycles. The number of hydrogen-bond donors (Lipinski definition) is 1. The van der Waals surface area contributed by atoms with Crippen molar-refractivity contribution in [3.63, 3.8) is 0 Å². The Bertz CT molecular complexity index is 632. The third-order valence-electron chi connectivity index (χ3n) is 2.63. The van der Waals surface area contributed by atoms with E-state index < -0.39 is 11.9 Å². The summed E-state index contributed by atoms with van der Waals surface area (Å²) in [6, 6.07) is 6.91. The first-order valence-corrected chi connectivity index (χ1v) is 5.51. The van der Waals surface area contributed by atoms with Crippen molar-refractivity contribution in [2.24, 2.45) is 0 Å². The number of hydrogen-bond acceptors (Lipinski definition) is 3. The van der Waals surface area contributed by atoms with Gasteiger partial charge >= 0.3 is 11.9 Å². The van der Waals surface area contributed by atoms with E-state index in [2.05, 4.69) is 4.74 Å². The maximum absolute atomic E-state index is 11.3. The van der Waals surface area contributed by atoms with Crippen LogP contribution in [-0.2, 0) is 16.1 Å². The molecule has 0 aliphatic rings. The number of ether oxygens (including phenoxy) is 1. The molecule has 0 fully saturated rings. The van der Waals surface area contributed by atoms with Crippen LogP contribution in [0.15, 0.2) is 24.3 Å². The van der Waals surface area contributed by atoms with Crippen molar-refractivity contribution in [2.75, 3.05) is 7.11 Å². The first-order valence-electron chi connectivity index (χ1n) is 5.13. The van der Waals surface area contributed by atoms with E-state index in [1.54, 1.807) is 24.3 Å². The van der Waals surface area contributed by atoms with Crippen LogP contribution in [0.1, 0.15) is 10.5 Å². The number of aromatic nitrogens is 1. The number of halogens is 1. The quantitative estimate of drug-likeness (QED) is 0.866. The summed E-state index contributed by atoms with van der Waals surface area (Å²) in [6.45, 7) is -0.189. The largest absolute Gasteiger partial charge is 0.477 e. The van der Waals surface area contributed by atoms with Crippen LogP contribution in [0.25, 0.3) is 10.9 Å². The van der Waals surface area contributed by atoms with E-state index in [4.69, 9.17) is 11.6 Å². The predicted molar refractivity (Wildman–Crippen MR) is 65.9 cm³/mol. The molecule has 1 N–H and O–H groups in total. The lowest BCUT2D eigenvalue weighted by atomic mass is 10.2. The molecule has 0 bridgehead atoms. The third kappa shape index (κ3) is 1.93. The van der Waals surface area contributed by atoms with Gasteiger partial charge in [0.25, 0.3) is 0 Å². The number of carbonyl (C=O) groups is 2. The Hall–Kier alpha value is -2.01. The minimum atomic E-state index is -1.18. The van der Waals surface area contributed by atoms with Crippen LogP contribution in [0, 0.1) is 0 Å². The molecule has 0 spiro atoms. The number of nitrogens with zero attached hydrogens (tertiary/aromatic N) is 1. The van der Waals surface area contributed by atoms with Crippen molar-refractivity contribution in [3.05, 3.63) is 35.0 Å². The second-order valence-electron chi connectivity index (χ2n) is 3.65. The molecule has 94 valence electrons. The molecule has 0 atom stereocenters. The van der Waals surface area contributed by atoms with E-state index in [0.717, 1.165) is 0 Å². The first kappa shape index (κ1) is 12.4. The molecule has 18 heavy (non-hydrogen) atoms. The summed E-state index contributed by atoms with van der Waals surface area (Å²) in [4.78, 5) is 22.6. The lowest BCUT2D eigenvalue weighted by Crippen LogP contribution is -2.16. The number of carboxylic acid groups (broad SMARTS) is 1. The van der Waals surface area contributed by atoms with E-state index >= 15 is 0 Å². The zero-order valence-electron chi connectivity index (χ0n) is 9.51. The molecule has 0 saturated carbocycles. The Balaban J connectivity index is 2.71. The molecule has 1 heterocycles. The normalized spacial score (nSPS) is 10.6. The Kier molecular flexibility index (Phi) is 3.25. The smallest absolute Gasteiger partial charge is 0.354 e. The molecule has 5 nitrogen and oxygen atoms in total. The van der Waals surface area contributed by atoms with Gasteiger partial charge < -0.3 is 14.4 Å². The second-order valence-corrected chi connectivity index (χ2v) is 4.03. The van der Waals surface area contributed by atoms with Gasteiger partial charge in [0.1, 0.15) is 12.2 Å². The maximum Gasteiger partial charge on any atom is 0.354 e. The Labute approximate surface area is 108 Å². The van der Waals surface area contributed by atoms with Crippen molar-refractivity contribution in [3.8, 4) is 0 Å². The zero-order chi connectivity index (χ0) is 13.3. The standard InChI is InChI=1S/C12H10ClNO4/c1-18-9(15)6-14-8-5-3-2-4-7(8)10(13)11(14)12(16)17/h2-5H,6H2,1H3,(H,16,17). The molecule has 1 aromatic carbocycles. The van der Waals surface area contributed by atoms with Crippen LogP contribution in [0.2, 0.25) is 5.02 Å². The second kappa shape index (κ2) is 4.70. The summed E-state index contributed by atoms with van der Waals surface area (Å²) in [7, 11) is 1.25. The van der Waals surface area contributed by atoms with Crippen LogP contribution in [0.3, 0.4) is 0 Å². The fourth-order valence-electron chi connectivity index (χ4n) is 1.83. The Morgan fingerprint density at radius 1 is 1.39 bits per heavy atom. The van der Waals surface area contributed by atoms with Gasteiger partial charge in [0, 0.05) is 5.39 Å². The van der Waals surface area contributed by atoms with Gasteiger partial charge in [-0.2, -0.15) is 0 Å². The van der Waals surface area contributed by atoms with Crippen molar-refractivity contribution in [1.82, 2.24) is 4.57 Å². The van der Waals surface area contributed by atoms with Gasteiger partial charge in [-0.1, -0.05) is 29.8 Å². The number of fused-ring (bicyclic) bond motifs is 1. The van der Waals surface area contributed by atoms with Gasteiger partial charge in [0.05, 0.1) is 17.6 Å². The highest BCUT2D eigenvalue weighted by atomic mass is 35.5. The van der Waals surface area contributed by atoms with E-state index in [1.807, 2.05) is 0 Å². The van der Waals surface area contributed by atoms with Crippen LogP contribution >= 0.6 is 11.6 Å². The Morgan fingerprint density at radius 3 is 2.67 bits per heavy atom. The first-order chi connectivity index (χ1) is 8.56. The van der Waals surface area contributed by atoms with E-state index in [-0.39, 0.29) is 17.3 Å². The van der Waals surface area contributed by atoms with Crippen LogP contribution in [0.4, 0.5) is 0 Å². The highest BCUT2D eigenvalue weighted by molar-refractivity contribution is 6.38. The maximum atomic E-state index is 11.3. The Morgan fingerprint density at radius 2 is 2.06 bits per heavy atom. The van der Waals surface area contributed by atoms with Gasteiger partial charge in [-0.15, -0.1) is 0 Å². The molecule has 0 amide bonds. The number of esters is 1. The molecule has 6 heteroatoms. The van der Waals surface area contributed by atoms with Crippen molar-refractivity contribution in [1.29, 1.82) is 0 Å². The van der Waals surface area contributed by atoms with Gasteiger partial charge in [-0.3, -0.25) is 4.79 Å². The van der Waals surface area contributed by atoms with Crippen molar-refractivity contribution in [2.45, 2.75) is 6.54 Å². The number of aromatic carboxylic acids is 1. The summed E-state index contributed by atoms with van der Waals surface area (Å²) >= 11 is 6.03. The zero-order valence-corrected chi connectivity index (χ0v) is 10.3. The summed E-state index contributed by atoms with van der Waals surface area (Å²) in [6.07, 6.45) is 0. The molecule has 2 aromatic rings. The molecule has 0 aliphatic carbocycles. The summed E-state index contributed by atoms with van der Waals surface area (Å²) in [5.74, 6) is -1.71. The number of rotatable bonds is 3. The highest BCUT2D eigenvalue weighted by Gasteiger charge is 2.22. The minimum Gasteiger partial charge on any atom is -0.477 e. The van der Waals surface area contributed by atoms with Crippen LogP contribution < -0.4 is 0 Å². The summed E-state index contributed by atoms with van der Waals surface area (Å²) in [5.41, 5.74) is 0.480. The van der Waals surface area contributed by atoms with E-state index in [9.17, 15) is 14.7 Å². The van der Waals surface area contributed by atoms with Gasteiger partial charge in [0.2, 0.25) is 0 Å². The van der Waals surface area contributed by atoms with Crippen molar-refractivity contribution >= 4 is 34.4 Å². The average Bonchev–Trinajstić information content (AvgIpc) is 2.63. The fourth-order valence-corrected chi connectivity index (χ4v) is 2.17. The fraction of sp³-hybridized carbons (Fsp3) is 0.167. The minimum absolute atomic E-state index is 0.108. The number of carbonyl (C=O) groups excluding carboxylic acids is 1. The highest BCUT2D eigenvalue weighted by Crippen LogP contribution is 2.30. The van der Waals surface area contributed by atoms with Gasteiger partial charge in [0.15, 0.2) is 0 Å². The van der Waals surface area contributed by atoms with Gasteiger partial charge in [-0.25, -0.2) is 4.79 Å². The van der Waals surface area contributed by atoms with E-state index in [1.165, 1.54) is 11.7 Å². The van der Waals surface area contributed by atoms with Gasteiger partial charge in [-0.05, 0) is 6.07 Å². The molecular weight excluding hydrogens is 258 g/mol. The number of benzene rings is 1. The third-order valence-corrected chi connectivity index (χ3v) is 3.01. The lowest BCUT2D eigenvalue weighted by molar-refractivity contribution is -0.141. The number of carboxylic acids is 1. The molecular formula is C12H10ClNO4. The van der Waals surface area contributed by atoms with Crippen LogP contribution in [0.5, 0.6) is 0 Å². The molecule has 1 aromatic heterocycles. The topological polar surface area (TPSA) is 68.5 Å². The van der Waals surface area contributed by atoms with Crippen molar-refractivity contribution < 1.29 is 19.4 Å². The molecule has 0 saturated heterocycles. The molecule has 0 radical (unpaired) electrons. The average molecular weight is 268 g/mol. The number of para-hydroxylation sites is 1. The van der Waals surface area contributed by atoms with Crippen LogP contribution in [-0.4, -0.2) is 28.7 Å². The summed E-state index contributed by atoms with van der Waals surface area (Å²) in [5, 5.41) is 9.90. The lowest BCUT2D eigenvalue weighted by Gasteiger charge is -2.06.